The van der Waals surface area contributed by atoms with E-state index in [1.54, 1.807) is 45.0 Å². The van der Waals surface area contributed by atoms with E-state index in [1.165, 1.54) is 0 Å². The van der Waals surface area contributed by atoms with E-state index in [4.69, 9.17) is 4.74 Å². The first-order chi connectivity index (χ1) is 13.3. The quantitative estimate of drug-likeness (QED) is 0.707. The van der Waals surface area contributed by atoms with E-state index in [1.807, 2.05) is 35.0 Å². The van der Waals surface area contributed by atoms with Crippen molar-refractivity contribution < 1.29 is 14.3 Å². The zero-order valence-electron chi connectivity index (χ0n) is 16.2. The maximum atomic E-state index is 12.4. The molecule has 0 aliphatic rings. The molecule has 0 radical (unpaired) electrons. The number of carbonyl (C=O) groups is 2. The minimum atomic E-state index is -0.586. The lowest BCUT2D eigenvalue weighted by molar-refractivity contribution is 0.0635. The number of aromatic nitrogens is 2. The molecular formula is C21H24N4O3. The molecule has 0 spiro atoms. The van der Waals surface area contributed by atoms with Crippen LogP contribution in [0, 0.1) is 0 Å². The second-order valence-electron chi connectivity index (χ2n) is 7.41. The smallest absolute Gasteiger partial charge is 0.412 e. The fraction of sp³-hybridized carbons (Fsp3) is 0.286. The van der Waals surface area contributed by atoms with Crippen LogP contribution in [0.4, 0.5) is 10.5 Å². The topological polar surface area (TPSA) is 84.7 Å². The van der Waals surface area contributed by atoms with Gasteiger partial charge >= 0.3 is 6.09 Å². The van der Waals surface area contributed by atoms with Crippen molar-refractivity contribution in [2.75, 3.05) is 11.9 Å². The molecule has 0 saturated carbocycles. The predicted octanol–water partition coefficient (Wildman–Crippen LogP) is 3.65. The number of pyridine rings is 1. The lowest BCUT2D eigenvalue weighted by Crippen LogP contribution is -2.28. The van der Waals surface area contributed by atoms with Gasteiger partial charge in [-0.25, -0.2) is 9.78 Å². The third-order valence-electron chi connectivity index (χ3n) is 3.85. The summed E-state index contributed by atoms with van der Waals surface area (Å²) < 4.78 is 7.17. The maximum absolute atomic E-state index is 12.4. The highest BCUT2D eigenvalue weighted by Crippen LogP contribution is 2.14. The molecule has 3 rings (SSSR count). The summed E-state index contributed by atoms with van der Waals surface area (Å²) in [6, 6.07) is 12.5. The first-order valence-corrected chi connectivity index (χ1v) is 9.11. The van der Waals surface area contributed by atoms with Crippen LogP contribution in [0.2, 0.25) is 0 Å². The van der Waals surface area contributed by atoms with Crippen molar-refractivity contribution >= 4 is 23.3 Å². The number of imidazole rings is 1. The lowest BCUT2D eigenvalue weighted by atomic mass is 10.2. The summed E-state index contributed by atoms with van der Waals surface area (Å²) in [4.78, 5) is 28.8. The standard InChI is InChI=1S/C21H24N4O3/c1-21(2,3)28-20(27)24-16-8-6-7-15(13-16)19(26)22-11-10-17-14-25-12-5-4-9-18(25)23-17/h4-9,12-14H,10-11H2,1-3H3,(H,22,26)(H,24,27). The number of ether oxygens (including phenoxy) is 1. The number of nitrogens with one attached hydrogen (secondary N) is 2. The number of benzene rings is 1. The summed E-state index contributed by atoms with van der Waals surface area (Å²) >= 11 is 0. The molecule has 0 saturated heterocycles. The van der Waals surface area contributed by atoms with Crippen LogP contribution < -0.4 is 10.6 Å². The van der Waals surface area contributed by atoms with Crippen LogP contribution >= 0.6 is 0 Å². The second kappa shape index (κ2) is 8.12. The van der Waals surface area contributed by atoms with E-state index in [9.17, 15) is 9.59 Å². The van der Waals surface area contributed by atoms with Gasteiger partial charge in [0.25, 0.3) is 5.91 Å². The van der Waals surface area contributed by atoms with Gasteiger partial charge in [0.1, 0.15) is 11.2 Å². The molecule has 2 heterocycles. The summed E-state index contributed by atoms with van der Waals surface area (Å²) in [6.07, 6.45) is 3.96. The average Bonchev–Trinajstić information content (AvgIpc) is 3.03. The van der Waals surface area contributed by atoms with Crippen LogP contribution in [0.3, 0.4) is 0 Å². The van der Waals surface area contributed by atoms with Crippen LogP contribution in [0.1, 0.15) is 36.8 Å². The zero-order valence-corrected chi connectivity index (χ0v) is 16.2. The van der Waals surface area contributed by atoms with Crippen LogP contribution in [0.5, 0.6) is 0 Å². The summed E-state index contributed by atoms with van der Waals surface area (Å²) in [6.45, 7) is 5.84. The van der Waals surface area contributed by atoms with Gasteiger partial charge in [-0.2, -0.15) is 0 Å². The molecule has 0 bridgehead atoms. The van der Waals surface area contributed by atoms with E-state index in [0.717, 1.165) is 11.3 Å². The SMILES string of the molecule is CC(C)(C)OC(=O)Nc1cccc(C(=O)NCCc2cn3ccccc3n2)c1. The van der Waals surface area contributed by atoms with Crippen molar-refractivity contribution in [2.24, 2.45) is 0 Å². The highest BCUT2D eigenvalue weighted by Gasteiger charge is 2.16. The monoisotopic (exact) mass is 380 g/mol. The number of amides is 2. The van der Waals surface area contributed by atoms with Crippen molar-refractivity contribution in [1.82, 2.24) is 14.7 Å². The van der Waals surface area contributed by atoms with Crippen LogP contribution in [0.25, 0.3) is 5.65 Å². The molecule has 146 valence electrons. The second-order valence-corrected chi connectivity index (χ2v) is 7.41. The van der Waals surface area contributed by atoms with Gasteiger partial charge in [-0.3, -0.25) is 10.1 Å². The number of anilines is 1. The molecular weight excluding hydrogens is 356 g/mol. The molecule has 0 aliphatic heterocycles. The van der Waals surface area contributed by atoms with Crippen LogP contribution in [0.15, 0.2) is 54.9 Å². The Bertz CT molecular complexity index is 955. The Labute approximate surface area is 163 Å². The molecule has 3 aromatic rings. The number of carbonyl (C=O) groups excluding carboxylic acids is 2. The molecule has 2 amide bonds. The molecule has 0 fully saturated rings. The van der Waals surface area contributed by atoms with Gasteiger partial charge in [-0.15, -0.1) is 0 Å². The molecule has 7 heteroatoms. The Balaban J connectivity index is 1.54. The number of nitrogens with zero attached hydrogens (tertiary/aromatic N) is 2. The van der Waals surface area contributed by atoms with Crippen molar-refractivity contribution in [1.29, 1.82) is 0 Å². The highest BCUT2D eigenvalue weighted by molar-refractivity contribution is 5.96. The fourth-order valence-electron chi connectivity index (χ4n) is 2.67. The van der Waals surface area contributed by atoms with E-state index in [2.05, 4.69) is 15.6 Å². The van der Waals surface area contributed by atoms with Crippen LogP contribution in [-0.2, 0) is 11.2 Å². The summed E-state index contributed by atoms with van der Waals surface area (Å²) in [5.74, 6) is -0.211. The van der Waals surface area contributed by atoms with Crippen molar-refractivity contribution in [3.8, 4) is 0 Å². The maximum Gasteiger partial charge on any atom is 0.412 e. The first-order valence-electron chi connectivity index (χ1n) is 9.11. The Morgan fingerprint density at radius 1 is 1.14 bits per heavy atom. The highest BCUT2D eigenvalue weighted by atomic mass is 16.6. The minimum Gasteiger partial charge on any atom is -0.444 e. The number of hydrogen-bond acceptors (Lipinski definition) is 4. The minimum absolute atomic E-state index is 0.211. The van der Waals surface area contributed by atoms with Gasteiger partial charge in [-0.05, 0) is 51.1 Å². The molecule has 0 unspecified atom stereocenters. The number of fused-ring (bicyclic) bond motifs is 1. The molecule has 2 aromatic heterocycles. The molecule has 7 nitrogen and oxygen atoms in total. The van der Waals surface area contributed by atoms with Crippen molar-refractivity contribution in [3.63, 3.8) is 0 Å². The fourth-order valence-corrected chi connectivity index (χ4v) is 2.67. The van der Waals surface area contributed by atoms with Crippen LogP contribution in [-0.4, -0.2) is 33.5 Å². The van der Waals surface area contributed by atoms with E-state index in [0.29, 0.717) is 24.2 Å². The van der Waals surface area contributed by atoms with Gasteiger partial charge in [0.2, 0.25) is 0 Å². The van der Waals surface area contributed by atoms with Gasteiger partial charge in [-0.1, -0.05) is 12.1 Å². The third kappa shape index (κ3) is 5.33. The van der Waals surface area contributed by atoms with E-state index in [-0.39, 0.29) is 5.91 Å². The molecule has 0 atom stereocenters. The van der Waals surface area contributed by atoms with E-state index < -0.39 is 11.7 Å². The number of hydrogen-bond donors (Lipinski definition) is 2. The third-order valence-corrected chi connectivity index (χ3v) is 3.85. The van der Waals surface area contributed by atoms with Gasteiger partial charge in [0, 0.05) is 36.6 Å². The van der Waals surface area contributed by atoms with Crippen molar-refractivity contribution in [2.45, 2.75) is 32.8 Å². The summed E-state index contributed by atoms with van der Waals surface area (Å²) in [5, 5.41) is 5.52. The van der Waals surface area contributed by atoms with Gasteiger partial charge < -0.3 is 14.5 Å². The summed E-state index contributed by atoms with van der Waals surface area (Å²) in [5.41, 5.74) is 2.17. The molecule has 1 aromatic carbocycles. The Kier molecular flexibility index (Phi) is 5.63. The zero-order chi connectivity index (χ0) is 20.1. The summed E-state index contributed by atoms with van der Waals surface area (Å²) in [7, 11) is 0. The predicted molar refractivity (Wildman–Crippen MR) is 108 cm³/mol. The van der Waals surface area contributed by atoms with Gasteiger partial charge in [0.05, 0.1) is 5.69 Å². The lowest BCUT2D eigenvalue weighted by Gasteiger charge is -2.19. The Morgan fingerprint density at radius 2 is 1.96 bits per heavy atom. The average molecular weight is 380 g/mol. The molecule has 0 aliphatic carbocycles. The largest absolute Gasteiger partial charge is 0.444 e. The van der Waals surface area contributed by atoms with E-state index >= 15 is 0 Å². The van der Waals surface area contributed by atoms with Gasteiger partial charge in [0.15, 0.2) is 0 Å². The number of rotatable bonds is 5. The normalized spacial score (nSPS) is 11.2. The first kappa shape index (κ1) is 19.4. The van der Waals surface area contributed by atoms with Crippen molar-refractivity contribution in [3.05, 3.63) is 66.1 Å². The molecule has 2 N–H and O–H groups in total. The Hall–Kier alpha value is -3.35. The molecule has 28 heavy (non-hydrogen) atoms. The Morgan fingerprint density at radius 3 is 2.71 bits per heavy atom.